The number of aliphatic hydroxyl groups is 1. The molecular formula is C14H26N2O3S2. The topological polar surface area (TPSA) is 71.3 Å². The Morgan fingerprint density at radius 3 is 2.33 bits per heavy atom. The van der Waals surface area contributed by atoms with Gasteiger partial charge in [-0.2, -0.15) is 11.8 Å². The third-order valence-electron chi connectivity index (χ3n) is 4.08. The molecule has 21 heavy (non-hydrogen) atoms. The van der Waals surface area contributed by atoms with Gasteiger partial charge in [-0.15, -0.1) is 0 Å². The predicted molar refractivity (Wildman–Crippen MR) is 88.0 cm³/mol. The number of aliphatic hydroxyl groups excluding tert-OH is 1. The summed E-state index contributed by atoms with van der Waals surface area (Å²) in [5.74, 6) is 0. The zero-order valence-corrected chi connectivity index (χ0v) is 14.9. The van der Waals surface area contributed by atoms with E-state index < -0.39 is 10.0 Å². The molecule has 1 heterocycles. The van der Waals surface area contributed by atoms with Crippen LogP contribution in [-0.4, -0.2) is 35.6 Å². The third kappa shape index (κ3) is 4.25. The lowest BCUT2D eigenvalue weighted by Crippen LogP contribution is -2.39. The Kier molecular flexibility index (Phi) is 6.77. The lowest BCUT2D eigenvalue weighted by Gasteiger charge is -2.29. The van der Waals surface area contributed by atoms with Crippen LogP contribution in [0.1, 0.15) is 39.3 Å². The van der Waals surface area contributed by atoms with Crippen molar-refractivity contribution < 1.29 is 13.5 Å². The molecule has 1 aromatic rings. The number of aromatic nitrogens is 1. The maximum atomic E-state index is 12.4. The third-order valence-corrected chi connectivity index (χ3v) is 7.04. The largest absolute Gasteiger partial charge is 0.390 e. The molecule has 0 saturated heterocycles. The first-order valence-electron chi connectivity index (χ1n) is 7.22. The molecule has 1 rings (SSSR count). The van der Waals surface area contributed by atoms with Crippen LogP contribution in [-0.2, 0) is 23.2 Å². The van der Waals surface area contributed by atoms with Gasteiger partial charge in [0.2, 0.25) is 10.0 Å². The fourth-order valence-electron chi connectivity index (χ4n) is 2.27. The van der Waals surface area contributed by atoms with Crippen molar-refractivity contribution in [3.63, 3.8) is 0 Å². The smallest absolute Gasteiger partial charge is 0.242 e. The van der Waals surface area contributed by atoms with Gasteiger partial charge in [0.15, 0.2) is 0 Å². The molecule has 0 bridgehead atoms. The van der Waals surface area contributed by atoms with Crippen LogP contribution in [0, 0.1) is 0 Å². The van der Waals surface area contributed by atoms with Crippen molar-refractivity contribution in [3.8, 4) is 0 Å². The van der Waals surface area contributed by atoms with Gasteiger partial charge in [-0.05, 0) is 32.1 Å². The maximum absolute atomic E-state index is 12.4. The fourth-order valence-corrected chi connectivity index (χ4v) is 4.34. The molecule has 0 amide bonds. The van der Waals surface area contributed by atoms with Crippen molar-refractivity contribution in [2.24, 2.45) is 0 Å². The molecule has 5 nitrogen and oxygen atoms in total. The molecule has 0 saturated carbocycles. The van der Waals surface area contributed by atoms with E-state index in [1.807, 2.05) is 13.2 Å². The lowest BCUT2D eigenvalue weighted by molar-refractivity contribution is 0.271. The number of aryl methyl sites for hydroxylation is 1. The Morgan fingerprint density at radius 1 is 1.33 bits per heavy atom. The SMILES string of the molecule is CCn1cc(S(=O)(=O)NCC(CC)(CC)SC)cc1CO. The summed E-state index contributed by atoms with van der Waals surface area (Å²) in [5.41, 5.74) is 0.611. The van der Waals surface area contributed by atoms with Crippen molar-refractivity contribution in [1.82, 2.24) is 9.29 Å². The van der Waals surface area contributed by atoms with Crippen LogP contribution < -0.4 is 4.72 Å². The Hall–Kier alpha value is -0.500. The summed E-state index contributed by atoms with van der Waals surface area (Å²) in [6.45, 7) is 6.94. The molecule has 0 spiro atoms. The van der Waals surface area contributed by atoms with Crippen LogP contribution >= 0.6 is 11.8 Å². The zero-order chi connectivity index (χ0) is 16.1. The normalized spacial score (nSPS) is 12.8. The van der Waals surface area contributed by atoms with Crippen LogP contribution in [0.15, 0.2) is 17.2 Å². The average Bonchev–Trinajstić information content (AvgIpc) is 2.93. The molecule has 7 heteroatoms. The van der Waals surface area contributed by atoms with Gasteiger partial charge in [-0.1, -0.05) is 13.8 Å². The Morgan fingerprint density at radius 2 is 1.95 bits per heavy atom. The number of nitrogens with one attached hydrogen (secondary N) is 1. The van der Waals surface area contributed by atoms with Gasteiger partial charge < -0.3 is 9.67 Å². The van der Waals surface area contributed by atoms with E-state index in [0.29, 0.717) is 18.8 Å². The first kappa shape index (κ1) is 18.5. The molecule has 0 atom stereocenters. The molecule has 0 unspecified atom stereocenters. The molecular weight excluding hydrogens is 308 g/mol. The maximum Gasteiger partial charge on any atom is 0.242 e. The Bertz CT molecular complexity index is 519. The number of hydrogen-bond acceptors (Lipinski definition) is 4. The van der Waals surface area contributed by atoms with E-state index in [1.165, 1.54) is 6.07 Å². The summed E-state index contributed by atoms with van der Waals surface area (Å²) in [5, 5.41) is 9.26. The minimum atomic E-state index is -3.54. The quantitative estimate of drug-likeness (QED) is 0.726. The van der Waals surface area contributed by atoms with Crippen LogP contribution in [0.25, 0.3) is 0 Å². The highest BCUT2D eigenvalue weighted by atomic mass is 32.2. The van der Waals surface area contributed by atoms with Crippen molar-refractivity contribution in [1.29, 1.82) is 0 Å². The number of sulfonamides is 1. The second kappa shape index (κ2) is 7.67. The Balaban J connectivity index is 2.94. The van der Waals surface area contributed by atoms with E-state index in [4.69, 9.17) is 0 Å². The number of rotatable bonds is 9. The van der Waals surface area contributed by atoms with Crippen LogP contribution in [0.5, 0.6) is 0 Å². The van der Waals surface area contributed by atoms with Gasteiger partial charge in [-0.25, -0.2) is 13.1 Å². The average molecular weight is 335 g/mol. The zero-order valence-electron chi connectivity index (χ0n) is 13.2. The number of hydrogen-bond donors (Lipinski definition) is 2. The first-order valence-corrected chi connectivity index (χ1v) is 9.93. The van der Waals surface area contributed by atoms with E-state index in [1.54, 1.807) is 22.5 Å². The van der Waals surface area contributed by atoms with Gasteiger partial charge in [0.25, 0.3) is 0 Å². The van der Waals surface area contributed by atoms with E-state index >= 15 is 0 Å². The van der Waals surface area contributed by atoms with E-state index in [0.717, 1.165) is 12.8 Å². The highest BCUT2D eigenvalue weighted by Gasteiger charge is 2.28. The second-order valence-electron chi connectivity index (χ2n) is 5.03. The van der Waals surface area contributed by atoms with Gasteiger partial charge in [-0.3, -0.25) is 0 Å². The summed E-state index contributed by atoms with van der Waals surface area (Å²) in [4.78, 5) is 0.218. The molecule has 122 valence electrons. The molecule has 0 radical (unpaired) electrons. The monoisotopic (exact) mass is 334 g/mol. The van der Waals surface area contributed by atoms with E-state index in [9.17, 15) is 13.5 Å². The molecule has 1 aromatic heterocycles. The van der Waals surface area contributed by atoms with E-state index in [-0.39, 0.29) is 16.2 Å². The van der Waals surface area contributed by atoms with Crippen LogP contribution in [0.4, 0.5) is 0 Å². The van der Waals surface area contributed by atoms with Crippen molar-refractivity contribution >= 4 is 21.8 Å². The molecule has 0 aromatic carbocycles. The van der Waals surface area contributed by atoms with Crippen molar-refractivity contribution in [3.05, 3.63) is 18.0 Å². The highest BCUT2D eigenvalue weighted by Crippen LogP contribution is 2.30. The summed E-state index contributed by atoms with van der Waals surface area (Å²) in [7, 11) is -3.54. The number of nitrogens with zero attached hydrogens (tertiary/aromatic N) is 1. The minimum Gasteiger partial charge on any atom is -0.390 e. The summed E-state index contributed by atoms with van der Waals surface area (Å²) in [6.07, 6.45) is 5.40. The second-order valence-corrected chi connectivity index (χ2v) is 8.07. The number of thioether (sulfide) groups is 1. The van der Waals surface area contributed by atoms with Gasteiger partial charge in [0.05, 0.1) is 11.5 Å². The van der Waals surface area contributed by atoms with Gasteiger partial charge in [0.1, 0.15) is 0 Å². The van der Waals surface area contributed by atoms with E-state index in [2.05, 4.69) is 18.6 Å². The van der Waals surface area contributed by atoms with Gasteiger partial charge >= 0.3 is 0 Å². The standard InChI is InChI=1S/C14H26N2O3S2/c1-5-14(6-2,20-4)11-15-21(18,19)13-8-12(10-17)16(7-3)9-13/h8-9,15,17H,5-7,10-11H2,1-4H3. The first-order chi connectivity index (χ1) is 9.87. The predicted octanol–water partition coefficient (Wildman–Crippen LogP) is 2.20. The molecule has 0 aliphatic carbocycles. The molecule has 0 aliphatic heterocycles. The summed E-state index contributed by atoms with van der Waals surface area (Å²) in [6, 6.07) is 1.53. The van der Waals surface area contributed by atoms with Crippen LogP contribution in [0.2, 0.25) is 0 Å². The van der Waals surface area contributed by atoms with Crippen molar-refractivity contribution in [2.75, 3.05) is 12.8 Å². The minimum absolute atomic E-state index is 0.0692. The summed E-state index contributed by atoms with van der Waals surface area (Å²) < 4.78 is 29.2. The summed E-state index contributed by atoms with van der Waals surface area (Å²) >= 11 is 1.70. The fraction of sp³-hybridized carbons (Fsp3) is 0.714. The molecule has 0 fully saturated rings. The highest BCUT2D eigenvalue weighted by molar-refractivity contribution is 8.00. The van der Waals surface area contributed by atoms with Crippen molar-refractivity contribution in [2.45, 2.75) is 56.4 Å². The lowest BCUT2D eigenvalue weighted by atomic mass is 10.0. The van der Waals surface area contributed by atoms with Crippen LogP contribution in [0.3, 0.4) is 0 Å². The molecule has 2 N–H and O–H groups in total. The molecule has 0 aliphatic rings. The van der Waals surface area contributed by atoms with Gasteiger partial charge in [0, 0.05) is 29.7 Å². The Labute approximate surface area is 132 Å².